The van der Waals surface area contributed by atoms with Gasteiger partial charge in [0, 0.05) is 13.1 Å². The number of piperidine rings is 1. The van der Waals surface area contributed by atoms with Crippen LogP contribution in [0.15, 0.2) is 0 Å². The van der Waals surface area contributed by atoms with Gasteiger partial charge in [0.25, 0.3) is 0 Å². The Morgan fingerprint density at radius 2 is 2.00 bits per heavy atom. The molecular weight excluding hydrogens is 204 g/mol. The molecule has 0 aliphatic carbocycles. The standard InChI is InChI=1S/C12H24N2O2/c1-9(2)8-11(13)12(15)16-10-4-6-14(3)7-5-10/h9-11H,4-8,13H2,1-3H3/t11-/m1/s1. The van der Waals surface area contributed by atoms with E-state index in [0.717, 1.165) is 25.9 Å². The number of rotatable bonds is 4. The van der Waals surface area contributed by atoms with E-state index in [1.165, 1.54) is 0 Å². The Hall–Kier alpha value is -0.610. The van der Waals surface area contributed by atoms with Crippen molar-refractivity contribution < 1.29 is 9.53 Å². The first-order chi connectivity index (χ1) is 7.49. The van der Waals surface area contributed by atoms with E-state index in [1.54, 1.807) is 0 Å². The number of ether oxygens (including phenoxy) is 1. The van der Waals surface area contributed by atoms with Crippen LogP contribution in [0.3, 0.4) is 0 Å². The maximum absolute atomic E-state index is 11.7. The molecule has 0 bridgehead atoms. The van der Waals surface area contributed by atoms with Crippen LogP contribution in [0, 0.1) is 5.92 Å². The van der Waals surface area contributed by atoms with E-state index < -0.39 is 6.04 Å². The van der Waals surface area contributed by atoms with E-state index in [4.69, 9.17) is 10.5 Å². The highest BCUT2D eigenvalue weighted by Gasteiger charge is 2.23. The summed E-state index contributed by atoms with van der Waals surface area (Å²) in [6.07, 6.45) is 2.63. The van der Waals surface area contributed by atoms with E-state index in [1.807, 2.05) is 0 Å². The molecule has 0 unspecified atom stereocenters. The fourth-order valence-electron chi connectivity index (χ4n) is 1.96. The molecule has 1 saturated heterocycles. The highest BCUT2D eigenvalue weighted by molar-refractivity contribution is 5.75. The maximum Gasteiger partial charge on any atom is 0.323 e. The Kier molecular flexibility index (Phi) is 5.22. The molecule has 0 aromatic rings. The van der Waals surface area contributed by atoms with Crippen molar-refractivity contribution >= 4 is 5.97 Å². The second kappa shape index (κ2) is 6.21. The molecule has 0 saturated carbocycles. The number of carbonyl (C=O) groups is 1. The average Bonchev–Trinajstić information content (AvgIpc) is 2.20. The van der Waals surface area contributed by atoms with Crippen LogP contribution >= 0.6 is 0 Å². The monoisotopic (exact) mass is 228 g/mol. The zero-order chi connectivity index (χ0) is 12.1. The number of hydrogen-bond donors (Lipinski definition) is 1. The molecule has 1 aliphatic rings. The zero-order valence-electron chi connectivity index (χ0n) is 10.6. The van der Waals surface area contributed by atoms with Crippen molar-refractivity contribution in [3.05, 3.63) is 0 Å². The van der Waals surface area contributed by atoms with Crippen LogP contribution in [0.1, 0.15) is 33.1 Å². The average molecular weight is 228 g/mol. The Morgan fingerprint density at radius 1 is 1.44 bits per heavy atom. The summed E-state index contributed by atoms with van der Waals surface area (Å²) >= 11 is 0. The van der Waals surface area contributed by atoms with Gasteiger partial charge >= 0.3 is 5.97 Å². The minimum atomic E-state index is -0.459. The molecule has 16 heavy (non-hydrogen) atoms. The molecule has 2 N–H and O–H groups in total. The SMILES string of the molecule is CC(C)C[C@@H](N)C(=O)OC1CCN(C)CC1. The molecule has 4 nitrogen and oxygen atoms in total. The number of likely N-dealkylation sites (tertiary alicyclic amines) is 1. The lowest BCUT2D eigenvalue weighted by atomic mass is 10.0. The topological polar surface area (TPSA) is 55.6 Å². The molecule has 1 heterocycles. The summed E-state index contributed by atoms with van der Waals surface area (Å²) in [5.41, 5.74) is 5.78. The molecule has 1 aliphatic heterocycles. The molecular formula is C12H24N2O2. The lowest BCUT2D eigenvalue weighted by Crippen LogP contribution is -2.40. The smallest absolute Gasteiger partial charge is 0.323 e. The second-order valence-corrected chi connectivity index (χ2v) is 5.18. The normalized spacial score (nSPS) is 21.1. The first kappa shape index (κ1) is 13.5. The van der Waals surface area contributed by atoms with Crippen molar-refractivity contribution in [1.29, 1.82) is 0 Å². The molecule has 1 fully saturated rings. The fourth-order valence-corrected chi connectivity index (χ4v) is 1.96. The number of hydrogen-bond acceptors (Lipinski definition) is 4. The Labute approximate surface area is 98.1 Å². The zero-order valence-corrected chi connectivity index (χ0v) is 10.6. The number of esters is 1. The van der Waals surface area contributed by atoms with Crippen molar-refractivity contribution in [1.82, 2.24) is 4.90 Å². The van der Waals surface area contributed by atoms with Crippen molar-refractivity contribution in [3.63, 3.8) is 0 Å². The summed E-state index contributed by atoms with van der Waals surface area (Å²) in [4.78, 5) is 13.9. The Balaban J connectivity index is 2.28. The van der Waals surface area contributed by atoms with Gasteiger partial charge in [-0.3, -0.25) is 4.79 Å². The third-order valence-electron chi connectivity index (χ3n) is 2.98. The molecule has 0 aromatic heterocycles. The predicted molar refractivity (Wildman–Crippen MR) is 64.0 cm³/mol. The van der Waals surface area contributed by atoms with Gasteiger partial charge in [0.1, 0.15) is 12.1 Å². The van der Waals surface area contributed by atoms with E-state index in [2.05, 4.69) is 25.8 Å². The third kappa shape index (κ3) is 4.49. The first-order valence-corrected chi connectivity index (χ1v) is 6.13. The number of carbonyl (C=O) groups excluding carboxylic acids is 1. The van der Waals surface area contributed by atoms with Crippen molar-refractivity contribution in [3.8, 4) is 0 Å². The Bertz CT molecular complexity index is 223. The summed E-state index contributed by atoms with van der Waals surface area (Å²) in [6, 6.07) is -0.459. The molecule has 0 radical (unpaired) electrons. The molecule has 94 valence electrons. The van der Waals surface area contributed by atoms with Gasteiger partial charge in [-0.2, -0.15) is 0 Å². The van der Waals surface area contributed by atoms with Crippen molar-refractivity contribution in [2.75, 3.05) is 20.1 Å². The van der Waals surface area contributed by atoms with Crippen LogP contribution in [0.25, 0.3) is 0 Å². The van der Waals surface area contributed by atoms with Crippen LogP contribution < -0.4 is 5.73 Å². The highest BCUT2D eigenvalue weighted by atomic mass is 16.5. The lowest BCUT2D eigenvalue weighted by Gasteiger charge is -2.29. The summed E-state index contributed by atoms with van der Waals surface area (Å²) in [7, 11) is 2.09. The van der Waals surface area contributed by atoms with Crippen molar-refractivity contribution in [2.45, 2.75) is 45.3 Å². The Morgan fingerprint density at radius 3 is 2.50 bits per heavy atom. The molecule has 4 heteroatoms. The minimum Gasteiger partial charge on any atom is -0.461 e. The molecule has 1 atom stereocenters. The van der Waals surface area contributed by atoms with Gasteiger partial charge < -0.3 is 15.4 Å². The largest absolute Gasteiger partial charge is 0.461 e. The van der Waals surface area contributed by atoms with E-state index in [9.17, 15) is 4.79 Å². The van der Waals surface area contributed by atoms with E-state index in [-0.39, 0.29) is 12.1 Å². The summed E-state index contributed by atoms with van der Waals surface area (Å²) in [6.45, 7) is 6.11. The van der Waals surface area contributed by atoms with E-state index >= 15 is 0 Å². The van der Waals surface area contributed by atoms with Gasteiger partial charge in [-0.1, -0.05) is 13.8 Å². The lowest BCUT2D eigenvalue weighted by molar-refractivity contribution is -0.153. The predicted octanol–water partition coefficient (Wildman–Crippen LogP) is 0.997. The van der Waals surface area contributed by atoms with Gasteiger partial charge in [0.2, 0.25) is 0 Å². The van der Waals surface area contributed by atoms with Crippen LogP contribution in [-0.4, -0.2) is 43.2 Å². The molecule has 0 spiro atoms. The van der Waals surface area contributed by atoms with Gasteiger partial charge in [0.15, 0.2) is 0 Å². The maximum atomic E-state index is 11.7. The number of nitrogens with zero attached hydrogens (tertiary/aromatic N) is 1. The molecule has 1 rings (SSSR count). The van der Waals surface area contributed by atoms with Crippen LogP contribution in [-0.2, 0) is 9.53 Å². The minimum absolute atomic E-state index is 0.0712. The quantitative estimate of drug-likeness (QED) is 0.729. The van der Waals surface area contributed by atoms with E-state index in [0.29, 0.717) is 12.3 Å². The summed E-state index contributed by atoms with van der Waals surface area (Å²) in [5.74, 6) is 0.197. The van der Waals surface area contributed by atoms with Crippen molar-refractivity contribution in [2.24, 2.45) is 11.7 Å². The number of nitrogens with two attached hydrogens (primary N) is 1. The van der Waals surface area contributed by atoms with Crippen LogP contribution in [0.4, 0.5) is 0 Å². The fraction of sp³-hybridized carbons (Fsp3) is 0.917. The van der Waals surface area contributed by atoms with Gasteiger partial charge in [0.05, 0.1) is 0 Å². The molecule has 0 aromatic carbocycles. The third-order valence-corrected chi connectivity index (χ3v) is 2.98. The second-order valence-electron chi connectivity index (χ2n) is 5.18. The van der Waals surface area contributed by atoms with Gasteiger partial charge in [-0.25, -0.2) is 0 Å². The summed E-state index contributed by atoms with van der Waals surface area (Å²) in [5, 5.41) is 0. The molecule has 0 amide bonds. The van der Waals surface area contributed by atoms with Crippen LogP contribution in [0.5, 0.6) is 0 Å². The van der Waals surface area contributed by atoms with Gasteiger partial charge in [-0.05, 0) is 32.2 Å². The summed E-state index contributed by atoms with van der Waals surface area (Å²) < 4.78 is 5.41. The highest BCUT2D eigenvalue weighted by Crippen LogP contribution is 2.14. The van der Waals surface area contributed by atoms with Crippen LogP contribution in [0.2, 0.25) is 0 Å². The van der Waals surface area contributed by atoms with Gasteiger partial charge in [-0.15, -0.1) is 0 Å². The first-order valence-electron chi connectivity index (χ1n) is 6.13.